The van der Waals surface area contributed by atoms with Crippen molar-refractivity contribution in [2.75, 3.05) is 0 Å². The largest absolute Gasteiger partial charge is 0.286 e. The van der Waals surface area contributed by atoms with E-state index in [1.54, 1.807) is 17.8 Å². The van der Waals surface area contributed by atoms with Crippen molar-refractivity contribution in [3.05, 3.63) is 53.4 Å². The standard InChI is InChI=1S/C24H33F2N/c1-18-14-24(15-18)11-5-6-19(10-13-24)9-12-22(2,3)16-20-7-8-21(27-17-20)23(4,25)26/h6-8,17H,1,5,9-16H2,2-4H3. The third-order valence-corrected chi connectivity index (χ3v) is 6.41. The molecule has 0 bridgehead atoms. The molecule has 2 aliphatic carbocycles. The minimum atomic E-state index is -2.87. The Morgan fingerprint density at radius 2 is 1.89 bits per heavy atom. The van der Waals surface area contributed by atoms with Gasteiger partial charge in [-0.05, 0) is 80.2 Å². The van der Waals surface area contributed by atoms with Crippen molar-refractivity contribution in [1.82, 2.24) is 4.98 Å². The molecule has 1 saturated carbocycles. The molecule has 27 heavy (non-hydrogen) atoms. The highest BCUT2D eigenvalue weighted by Gasteiger charge is 2.39. The van der Waals surface area contributed by atoms with Crippen molar-refractivity contribution in [2.45, 2.75) is 84.5 Å². The summed E-state index contributed by atoms with van der Waals surface area (Å²) in [6.45, 7) is 9.55. The van der Waals surface area contributed by atoms with Crippen molar-refractivity contribution in [3.63, 3.8) is 0 Å². The van der Waals surface area contributed by atoms with E-state index < -0.39 is 5.92 Å². The topological polar surface area (TPSA) is 12.9 Å². The highest BCUT2D eigenvalue weighted by molar-refractivity contribution is 5.20. The van der Waals surface area contributed by atoms with Gasteiger partial charge in [-0.3, -0.25) is 4.98 Å². The summed E-state index contributed by atoms with van der Waals surface area (Å²) in [6, 6.07) is 3.27. The lowest BCUT2D eigenvalue weighted by Crippen LogP contribution is -2.30. The fourth-order valence-electron chi connectivity index (χ4n) is 4.75. The molecule has 3 heteroatoms. The molecule has 3 rings (SSSR count). The smallest absolute Gasteiger partial charge is 0.255 e. The molecule has 148 valence electrons. The molecule has 0 amide bonds. The second-order valence-electron chi connectivity index (χ2n) is 9.79. The average Bonchev–Trinajstić information content (AvgIpc) is 2.75. The van der Waals surface area contributed by atoms with Gasteiger partial charge in [0.05, 0.1) is 0 Å². The van der Waals surface area contributed by atoms with Crippen molar-refractivity contribution in [3.8, 4) is 0 Å². The molecular formula is C24H33F2N. The van der Waals surface area contributed by atoms with Crippen molar-refractivity contribution in [2.24, 2.45) is 10.8 Å². The summed E-state index contributed by atoms with van der Waals surface area (Å²) in [6.07, 6.45) is 14.8. The first-order chi connectivity index (χ1) is 12.6. The molecule has 0 aromatic carbocycles. The van der Waals surface area contributed by atoms with Gasteiger partial charge < -0.3 is 0 Å². The van der Waals surface area contributed by atoms with Gasteiger partial charge >= 0.3 is 0 Å². The summed E-state index contributed by atoms with van der Waals surface area (Å²) < 4.78 is 26.6. The molecule has 0 radical (unpaired) electrons. The third-order valence-electron chi connectivity index (χ3n) is 6.41. The molecule has 1 aromatic rings. The van der Waals surface area contributed by atoms with Crippen LogP contribution in [0.5, 0.6) is 0 Å². The van der Waals surface area contributed by atoms with E-state index in [1.807, 2.05) is 0 Å². The number of halogens is 2. The van der Waals surface area contributed by atoms with Crippen LogP contribution in [-0.2, 0) is 12.3 Å². The van der Waals surface area contributed by atoms with Crippen molar-refractivity contribution < 1.29 is 8.78 Å². The maximum absolute atomic E-state index is 13.3. The lowest BCUT2D eigenvalue weighted by atomic mass is 9.61. The van der Waals surface area contributed by atoms with Crippen LogP contribution in [0.3, 0.4) is 0 Å². The summed E-state index contributed by atoms with van der Waals surface area (Å²) >= 11 is 0. The molecule has 1 fully saturated rings. The second kappa shape index (κ2) is 7.48. The lowest BCUT2D eigenvalue weighted by Gasteiger charge is -2.43. The van der Waals surface area contributed by atoms with Crippen LogP contribution >= 0.6 is 0 Å². The summed E-state index contributed by atoms with van der Waals surface area (Å²) in [7, 11) is 0. The van der Waals surface area contributed by atoms with Crippen molar-refractivity contribution >= 4 is 0 Å². The number of hydrogen-bond donors (Lipinski definition) is 0. The number of rotatable bonds is 6. The number of alkyl halides is 2. The summed E-state index contributed by atoms with van der Waals surface area (Å²) in [5.74, 6) is -2.87. The zero-order chi connectivity index (χ0) is 19.7. The monoisotopic (exact) mass is 373 g/mol. The minimum Gasteiger partial charge on any atom is -0.255 e. The maximum atomic E-state index is 13.3. The predicted molar refractivity (Wildman–Crippen MR) is 108 cm³/mol. The highest BCUT2D eigenvalue weighted by atomic mass is 19.3. The molecular weight excluding hydrogens is 340 g/mol. The Labute approximate surface area is 163 Å². The number of aromatic nitrogens is 1. The van der Waals surface area contributed by atoms with E-state index >= 15 is 0 Å². The predicted octanol–water partition coefficient (Wildman–Crippen LogP) is 7.38. The summed E-state index contributed by atoms with van der Waals surface area (Å²) in [5.41, 5.74) is 4.61. The van der Waals surface area contributed by atoms with Crippen LogP contribution in [0.1, 0.15) is 83.4 Å². The summed E-state index contributed by atoms with van der Waals surface area (Å²) in [4.78, 5) is 3.97. The molecule has 0 aliphatic heterocycles. The van der Waals surface area contributed by atoms with Gasteiger partial charge in [-0.25, -0.2) is 0 Å². The van der Waals surface area contributed by atoms with Gasteiger partial charge in [0.25, 0.3) is 5.92 Å². The molecule has 1 aromatic heterocycles. The van der Waals surface area contributed by atoms with Gasteiger partial charge in [0, 0.05) is 13.1 Å². The van der Waals surface area contributed by atoms with E-state index in [9.17, 15) is 8.78 Å². The molecule has 1 nitrogen and oxygen atoms in total. The Bertz CT molecular complexity index is 699. The fourth-order valence-corrected chi connectivity index (χ4v) is 4.75. The molecule has 2 aliphatic rings. The fraction of sp³-hybridized carbons (Fsp3) is 0.625. The van der Waals surface area contributed by atoms with Gasteiger partial charge in [-0.1, -0.05) is 43.7 Å². The Kier molecular flexibility index (Phi) is 5.61. The van der Waals surface area contributed by atoms with E-state index in [0.717, 1.165) is 31.7 Å². The minimum absolute atomic E-state index is 0.132. The van der Waals surface area contributed by atoms with Crippen LogP contribution in [0.4, 0.5) is 8.78 Å². The van der Waals surface area contributed by atoms with Gasteiger partial charge in [0.15, 0.2) is 0 Å². The van der Waals surface area contributed by atoms with Crippen LogP contribution < -0.4 is 0 Å². The molecule has 0 saturated heterocycles. The molecule has 0 atom stereocenters. The van der Waals surface area contributed by atoms with Crippen LogP contribution in [0.15, 0.2) is 42.1 Å². The van der Waals surface area contributed by atoms with Gasteiger partial charge in [0.1, 0.15) is 5.69 Å². The highest BCUT2D eigenvalue weighted by Crippen LogP contribution is 2.53. The van der Waals surface area contributed by atoms with Gasteiger partial charge in [0.2, 0.25) is 0 Å². The molecule has 0 unspecified atom stereocenters. The van der Waals surface area contributed by atoms with E-state index in [1.165, 1.54) is 50.2 Å². The molecule has 0 N–H and O–H groups in total. The first kappa shape index (κ1) is 20.2. The van der Waals surface area contributed by atoms with Gasteiger partial charge in [-0.15, -0.1) is 0 Å². The maximum Gasteiger partial charge on any atom is 0.286 e. The second-order valence-corrected chi connectivity index (χ2v) is 9.79. The SMILES string of the molecule is C=C1CC2(CCC=C(CCC(C)(C)Cc3ccc(C(C)(F)F)nc3)CC2)C1. The van der Waals surface area contributed by atoms with Crippen LogP contribution in [-0.4, -0.2) is 4.98 Å². The number of nitrogens with zero attached hydrogens (tertiary/aromatic N) is 1. The van der Waals surface area contributed by atoms with Crippen LogP contribution in [0.2, 0.25) is 0 Å². The van der Waals surface area contributed by atoms with Crippen molar-refractivity contribution in [1.29, 1.82) is 0 Å². The first-order valence-corrected chi connectivity index (χ1v) is 10.2. The zero-order valence-electron chi connectivity index (χ0n) is 17.1. The van der Waals surface area contributed by atoms with E-state index in [0.29, 0.717) is 5.41 Å². The quantitative estimate of drug-likeness (QED) is 0.474. The normalized spacial score (nSPS) is 20.2. The Balaban J connectivity index is 1.51. The average molecular weight is 374 g/mol. The van der Waals surface area contributed by atoms with E-state index in [2.05, 4.69) is 31.5 Å². The van der Waals surface area contributed by atoms with E-state index in [4.69, 9.17) is 0 Å². The Hall–Kier alpha value is -1.51. The Morgan fingerprint density at radius 1 is 1.15 bits per heavy atom. The number of pyridine rings is 1. The van der Waals surface area contributed by atoms with Crippen LogP contribution in [0.25, 0.3) is 0 Å². The first-order valence-electron chi connectivity index (χ1n) is 10.2. The zero-order valence-corrected chi connectivity index (χ0v) is 17.1. The third kappa shape index (κ3) is 5.27. The summed E-state index contributed by atoms with van der Waals surface area (Å²) in [5, 5.41) is 0. The lowest BCUT2D eigenvalue weighted by molar-refractivity contribution is 0.0127. The van der Waals surface area contributed by atoms with Gasteiger partial charge in [-0.2, -0.15) is 8.78 Å². The van der Waals surface area contributed by atoms with E-state index in [-0.39, 0.29) is 11.1 Å². The number of allylic oxidation sites excluding steroid dienone is 3. The molecule has 1 heterocycles. The Morgan fingerprint density at radius 3 is 2.48 bits per heavy atom. The van der Waals surface area contributed by atoms with Crippen LogP contribution in [0, 0.1) is 10.8 Å². The molecule has 1 spiro atoms. The number of hydrogen-bond acceptors (Lipinski definition) is 1.